The van der Waals surface area contributed by atoms with Gasteiger partial charge in [0.25, 0.3) is 0 Å². The number of hydrogen-bond donors (Lipinski definition) is 5. The van der Waals surface area contributed by atoms with Crippen molar-refractivity contribution in [2.24, 2.45) is 5.16 Å². The van der Waals surface area contributed by atoms with Crippen LogP contribution in [0.25, 0.3) is 0 Å². The van der Waals surface area contributed by atoms with E-state index in [-0.39, 0.29) is 33.9 Å². The Bertz CT molecular complexity index is 1780. The van der Waals surface area contributed by atoms with Crippen LogP contribution in [-0.4, -0.2) is 75.8 Å². The number of rotatable bonds is 9. The van der Waals surface area contributed by atoms with E-state index in [1.54, 1.807) is 83.1 Å². The van der Waals surface area contributed by atoms with Crippen LogP contribution >= 0.6 is 0 Å². The molecule has 0 heterocycles. The number of benzene rings is 2. The highest BCUT2D eigenvalue weighted by Gasteiger charge is 2.24. The summed E-state index contributed by atoms with van der Waals surface area (Å²) in [5.41, 5.74) is -3.97. The predicted octanol–water partition coefficient (Wildman–Crippen LogP) is 8.18. The van der Waals surface area contributed by atoms with Gasteiger partial charge in [-0.1, -0.05) is 5.16 Å². The van der Waals surface area contributed by atoms with Gasteiger partial charge in [0.1, 0.15) is 22.4 Å². The SMILES string of the molecule is CC(C)(C)OC(=O)Nc1cc(NC(=O)OC(C)(C)C)cc(C(=O)OC(=O)CC/C(=N/O)OC(=O)c2cc(NC(=O)OC(C)(C)C)cc(NC(=O)OC(C)(C)C)c2)c1. The Morgan fingerprint density at radius 3 is 1.02 bits per heavy atom. The van der Waals surface area contributed by atoms with E-state index in [9.17, 15) is 38.8 Å². The van der Waals surface area contributed by atoms with E-state index in [1.807, 2.05) is 0 Å². The number of carbonyl (C=O) groups is 7. The smallest absolute Gasteiger partial charge is 0.412 e. The van der Waals surface area contributed by atoms with E-state index in [0.717, 1.165) is 0 Å². The lowest BCUT2D eigenvalue weighted by Gasteiger charge is -2.21. The first kappa shape index (κ1) is 46.8. The third kappa shape index (κ3) is 19.2. The van der Waals surface area contributed by atoms with Crippen LogP contribution in [0.1, 0.15) is 117 Å². The Balaban J connectivity index is 2.23. The first-order chi connectivity index (χ1) is 26.0. The number of nitrogens with one attached hydrogen (secondary N) is 4. The molecule has 5 N–H and O–H groups in total. The summed E-state index contributed by atoms with van der Waals surface area (Å²) in [4.78, 5) is 88.7. The van der Waals surface area contributed by atoms with Crippen molar-refractivity contribution in [3.05, 3.63) is 47.5 Å². The van der Waals surface area contributed by atoms with E-state index >= 15 is 0 Å². The molecule has 0 fully saturated rings. The average molecular weight is 802 g/mol. The molecule has 312 valence electrons. The summed E-state index contributed by atoms with van der Waals surface area (Å²) < 4.78 is 31.1. The molecule has 0 aliphatic rings. The fourth-order valence-electron chi connectivity index (χ4n) is 4.18. The van der Waals surface area contributed by atoms with Gasteiger partial charge in [-0.2, -0.15) is 0 Å². The van der Waals surface area contributed by atoms with Crippen molar-refractivity contribution in [1.29, 1.82) is 0 Å². The van der Waals surface area contributed by atoms with Gasteiger partial charge in [0, 0.05) is 29.2 Å². The maximum atomic E-state index is 13.2. The highest BCUT2D eigenvalue weighted by atomic mass is 16.6. The van der Waals surface area contributed by atoms with Crippen molar-refractivity contribution in [3.8, 4) is 0 Å². The number of carbonyl (C=O) groups excluding carboxylic acids is 7. The second-order valence-corrected chi connectivity index (χ2v) is 16.3. The molecular weight excluding hydrogens is 750 g/mol. The minimum atomic E-state index is -1.20. The molecule has 2 rings (SSSR count). The molecule has 19 heteroatoms. The van der Waals surface area contributed by atoms with Crippen LogP contribution in [0.15, 0.2) is 41.6 Å². The molecule has 0 unspecified atom stereocenters. The quantitative estimate of drug-likeness (QED) is 0.0305. The van der Waals surface area contributed by atoms with Gasteiger partial charge >= 0.3 is 42.3 Å². The molecule has 0 radical (unpaired) electrons. The number of ether oxygens (including phenoxy) is 6. The Morgan fingerprint density at radius 1 is 0.474 bits per heavy atom. The van der Waals surface area contributed by atoms with Gasteiger partial charge in [0.2, 0.25) is 5.90 Å². The van der Waals surface area contributed by atoms with Crippen LogP contribution in [0.2, 0.25) is 0 Å². The van der Waals surface area contributed by atoms with E-state index in [0.29, 0.717) is 0 Å². The molecule has 0 bridgehead atoms. The summed E-state index contributed by atoms with van der Waals surface area (Å²) in [7, 11) is 0. The van der Waals surface area contributed by atoms with Crippen LogP contribution in [0.3, 0.4) is 0 Å². The van der Waals surface area contributed by atoms with Crippen LogP contribution in [0.4, 0.5) is 41.9 Å². The maximum absolute atomic E-state index is 13.2. The highest BCUT2D eigenvalue weighted by Crippen LogP contribution is 2.24. The minimum Gasteiger partial charge on any atom is -0.444 e. The van der Waals surface area contributed by atoms with Crippen LogP contribution < -0.4 is 21.3 Å². The van der Waals surface area contributed by atoms with Crippen LogP contribution in [0.5, 0.6) is 0 Å². The number of anilines is 4. The standard InChI is InChI=1S/C38H51N5O14/c1-35(2,3)54-31(47)39-23-15-21(16-24(19-23)40-32(48)55-36(4,5)6)29(45)52-27(43-51)13-14-28(44)53-30(46)22-17-25(41-33(49)56-37(7,8)9)20-26(18-22)42-34(50)57-38(10,11)12/h15-20,51H,13-14H2,1-12H3,(H,39,47)(H,40,48)(H,41,49)(H,42,50)/b43-27-. The number of amides is 4. The lowest BCUT2D eigenvalue weighted by atomic mass is 10.1. The summed E-state index contributed by atoms with van der Waals surface area (Å²) >= 11 is 0. The largest absolute Gasteiger partial charge is 0.444 e. The van der Waals surface area contributed by atoms with Gasteiger partial charge in [-0.25, -0.2) is 28.8 Å². The number of oxime groups is 1. The van der Waals surface area contributed by atoms with E-state index in [2.05, 4.69) is 26.4 Å². The Labute approximate surface area is 330 Å². The maximum Gasteiger partial charge on any atom is 0.412 e. The van der Waals surface area contributed by atoms with Crippen molar-refractivity contribution < 1.29 is 67.2 Å². The molecule has 0 aliphatic heterocycles. The summed E-state index contributed by atoms with van der Waals surface area (Å²) in [5.74, 6) is -4.13. The Kier molecular flexibility index (Phi) is 15.6. The van der Waals surface area contributed by atoms with Gasteiger partial charge < -0.3 is 33.6 Å². The zero-order chi connectivity index (χ0) is 43.5. The van der Waals surface area contributed by atoms with Gasteiger partial charge in [0.05, 0.1) is 17.5 Å². The molecule has 0 saturated carbocycles. The van der Waals surface area contributed by atoms with Gasteiger partial charge in [-0.15, -0.1) is 0 Å². The fourth-order valence-corrected chi connectivity index (χ4v) is 4.18. The number of esters is 3. The summed E-state index contributed by atoms with van der Waals surface area (Å²) in [6.45, 7) is 19.7. The van der Waals surface area contributed by atoms with Gasteiger partial charge in [-0.3, -0.25) is 26.1 Å². The van der Waals surface area contributed by atoms with Crippen molar-refractivity contribution in [3.63, 3.8) is 0 Å². The van der Waals surface area contributed by atoms with E-state index in [4.69, 9.17) is 28.4 Å². The van der Waals surface area contributed by atoms with Crippen molar-refractivity contribution in [1.82, 2.24) is 0 Å². The summed E-state index contributed by atoms with van der Waals surface area (Å²) in [5, 5.41) is 22.2. The monoisotopic (exact) mass is 801 g/mol. The molecular formula is C38H51N5O14. The van der Waals surface area contributed by atoms with Crippen LogP contribution in [-0.2, 0) is 33.2 Å². The zero-order valence-corrected chi connectivity index (χ0v) is 34.1. The van der Waals surface area contributed by atoms with Crippen molar-refractivity contribution in [2.75, 3.05) is 21.3 Å². The third-order valence-electron chi connectivity index (χ3n) is 5.99. The molecule has 57 heavy (non-hydrogen) atoms. The zero-order valence-electron chi connectivity index (χ0n) is 34.1. The lowest BCUT2D eigenvalue weighted by molar-refractivity contribution is -0.137. The molecule has 2 aromatic rings. The molecule has 0 atom stereocenters. The first-order valence-electron chi connectivity index (χ1n) is 17.5. The van der Waals surface area contributed by atoms with Crippen LogP contribution in [0, 0.1) is 0 Å². The van der Waals surface area contributed by atoms with Crippen molar-refractivity contribution >= 4 is 70.9 Å². The third-order valence-corrected chi connectivity index (χ3v) is 5.99. The molecule has 19 nitrogen and oxygen atoms in total. The van der Waals surface area contributed by atoms with Gasteiger partial charge in [-0.05, 0) is 119 Å². The second kappa shape index (κ2) is 19.0. The fraction of sp³-hybridized carbons (Fsp3) is 0.474. The van der Waals surface area contributed by atoms with Crippen molar-refractivity contribution in [2.45, 2.75) is 118 Å². The molecule has 0 aromatic heterocycles. The predicted molar refractivity (Wildman–Crippen MR) is 207 cm³/mol. The minimum absolute atomic E-state index is 0.00384. The van der Waals surface area contributed by atoms with E-state index in [1.165, 1.54) is 36.4 Å². The normalized spacial score (nSPS) is 12.0. The Hall–Kier alpha value is -6.40. The summed E-state index contributed by atoms with van der Waals surface area (Å²) in [6, 6.07) is 7.33. The second-order valence-electron chi connectivity index (χ2n) is 16.3. The first-order valence-corrected chi connectivity index (χ1v) is 17.5. The molecule has 0 aliphatic carbocycles. The van der Waals surface area contributed by atoms with E-state index < -0.39 is 83.4 Å². The molecule has 4 amide bonds. The summed E-state index contributed by atoms with van der Waals surface area (Å²) in [6.07, 6.45) is -4.67. The topological polar surface area (TPSA) is 256 Å². The number of hydrogen-bond acceptors (Lipinski definition) is 15. The Morgan fingerprint density at radius 2 is 0.754 bits per heavy atom. The molecule has 0 saturated heterocycles. The van der Waals surface area contributed by atoms with Gasteiger partial charge in [0.15, 0.2) is 0 Å². The molecule has 2 aromatic carbocycles. The average Bonchev–Trinajstić information content (AvgIpc) is 2.98. The molecule has 0 spiro atoms. The highest BCUT2D eigenvalue weighted by molar-refractivity contribution is 6.03. The lowest BCUT2D eigenvalue weighted by Crippen LogP contribution is -2.28. The number of nitrogens with zero attached hydrogens (tertiary/aromatic N) is 1.